The summed E-state index contributed by atoms with van der Waals surface area (Å²) >= 11 is 0. The molecule has 2 heterocycles. The maximum atomic E-state index is 14.4. The second-order valence-electron chi connectivity index (χ2n) is 6.04. The Balaban J connectivity index is 1.53. The number of carbonyl (C=O) groups is 1. The molecule has 0 saturated carbocycles. The monoisotopic (exact) mass is 343 g/mol. The molecule has 1 fully saturated rings. The lowest BCUT2D eigenvalue weighted by Crippen LogP contribution is -2.46. The van der Waals surface area contributed by atoms with Crippen molar-refractivity contribution in [3.63, 3.8) is 0 Å². The van der Waals surface area contributed by atoms with Gasteiger partial charge in [-0.25, -0.2) is 19.2 Å². The van der Waals surface area contributed by atoms with Gasteiger partial charge < -0.3 is 15.5 Å². The number of piperidine rings is 1. The molecule has 132 valence electrons. The van der Waals surface area contributed by atoms with Crippen LogP contribution in [-0.2, 0) is 6.42 Å². The highest BCUT2D eigenvalue weighted by Gasteiger charge is 2.24. The highest BCUT2D eigenvalue weighted by molar-refractivity contribution is 5.89. The molecule has 0 radical (unpaired) electrons. The number of aryl methyl sites for hydroxylation is 1. The SMILES string of the molecule is CCc1ncnc(N2CCC(NC(=O)Nc3ccccc3)CC2)c1F. The summed E-state index contributed by atoms with van der Waals surface area (Å²) in [4.78, 5) is 22.0. The Morgan fingerprint density at radius 2 is 1.96 bits per heavy atom. The molecule has 2 N–H and O–H groups in total. The van der Waals surface area contributed by atoms with Gasteiger partial charge in [0.05, 0.1) is 5.69 Å². The molecule has 1 saturated heterocycles. The summed E-state index contributed by atoms with van der Waals surface area (Å²) in [7, 11) is 0. The molecule has 0 spiro atoms. The fraction of sp³-hybridized carbons (Fsp3) is 0.389. The van der Waals surface area contributed by atoms with Crippen molar-refractivity contribution in [3.05, 3.63) is 48.2 Å². The fourth-order valence-corrected chi connectivity index (χ4v) is 2.97. The van der Waals surface area contributed by atoms with E-state index in [1.807, 2.05) is 42.2 Å². The van der Waals surface area contributed by atoms with Crippen LogP contribution in [0.5, 0.6) is 0 Å². The first-order valence-corrected chi connectivity index (χ1v) is 8.54. The quantitative estimate of drug-likeness (QED) is 0.895. The van der Waals surface area contributed by atoms with Gasteiger partial charge >= 0.3 is 6.03 Å². The van der Waals surface area contributed by atoms with E-state index >= 15 is 0 Å². The van der Waals surface area contributed by atoms with Gasteiger partial charge in [-0.15, -0.1) is 0 Å². The van der Waals surface area contributed by atoms with Crippen LogP contribution in [0.15, 0.2) is 36.7 Å². The second-order valence-corrected chi connectivity index (χ2v) is 6.04. The average Bonchev–Trinajstić information content (AvgIpc) is 2.63. The Kier molecular flexibility index (Phi) is 5.42. The Labute approximate surface area is 146 Å². The van der Waals surface area contributed by atoms with E-state index in [9.17, 15) is 9.18 Å². The van der Waals surface area contributed by atoms with E-state index in [1.165, 1.54) is 6.33 Å². The predicted molar refractivity (Wildman–Crippen MR) is 95.2 cm³/mol. The lowest BCUT2D eigenvalue weighted by atomic mass is 10.1. The van der Waals surface area contributed by atoms with Crippen molar-refractivity contribution < 1.29 is 9.18 Å². The molecule has 1 aliphatic heterocycles. The van der Waals surface area contributed by atoms with Crippen LogP contribution >= 0.6 is 0 Å². The zero-order valence-electron chi connectivity index (χ0n) is 14.2. The first-order chi connectivity index (χ1) is 12.2. The summed E-state index contributed by atoms with van der Waals surface area (Å²) in [5, 5.41) is 5.79. The number of nitrogens with zero attached hydrogens (tertiary/aromatic N) is 3. The molecule has 2 aromatic rings. The third-order valence-corrected chi connectivity index (χ3v) is 4.34. The molecule has 6 nitrogen and oxygen atoms in total. The lowest BCUT2D eigenvalue weighted by Gasteiger charge is -2.33. The molecule has 3 rings (SSSR count). The van der Waals surface area contributed by atoms with Crippen molar-refractivity contribution in [3.8, 4) is 0 Å². The molecule has 1 aliphatic rings. The van der Waals surface area contributed by atoms with E-state index in [-0.39, 0.29) is 17.9 Å². The summed E-state index contributed by atoms with van der Waals surface area (Å²) in [6, 6.07) is 9.16. The molecule has 1 aromatic heterocycles. The molecule has 0 unspecified atom stereocenters. The maximum Gasteiger partial charge on any atom is 0.319 e. The molecular weight excluding hydrogens is 321 g/mol. The van der Waals surface area contributed by atoms with Crippen molar-refractivity contribution in [2.45, 2.75) is 32.2 Å². The smallest absolute Gasteiger partial charge is 0.319 e. The zero-order chi connectivity index (χ0) is 17.6. The van der Waals surface area contributed by atoms with E-state index in [0.717, 1.165) is 18.5 Å². The van der Waals surface area contributed by atoms with E-state index < -0.39 is 0 Å². The first kappa shape index (κ1) is 17.1. The molecule has 2 amide bonds. The van der Waals surface area contributed by atoms with Gasteiger partial charge in [0.15, 0.2) is 11.6 Å². The van der Waals surface area contributed by atoms with Crippen LogP contribution in [0.25, 0.3) is 0 Å². The van der Waals surface area contributed by atoms with Crippen LogP contribution in [0.2, 0.25) is 0 Å². The third kappa shape index (κ3) is 4.23. The minimum Gasteiger partial charge on any atom is -0.354 e. The van der Waals surface area contributed by atoms with Crippen molar-refractivity contribution in [2.24, 2.45) is 0 Å². The fourth-order valence-electron chi connectivity index (χ4n) is 2.97. The van der Waals surface area contributed by atoms with Gasteiger partial charge in [0.2, 0.25) is 0 Å². The first-order valence-electron chi connectivity index (χ1n) is 8.54. The van der Waals surface area contributed by atoms with Crippen molar-refractivity contribution in [1.82, 2.24) is 15.3 Å². The van der Waals surface area contributed by atoms with Crippen molar-refractivity contribution in [2.75, 3.05) is 23.3 Å². The topological polar surface area (TPSA) is 70.2 Å². The minimum atomic E-state index is -0.335. The highest BCUT2D eigenvalue weighted by Crippen LogP contribution is 2.22. The Bertz CT molecular complexity index is 717. The molecule has 1 aromatic carbocycles. The number of aromatic nitrogens is 2. The number of halogens is 1. The summed E-state index contributed by atoms with van der Waals surface area (Å²) < 4.78 is 14.4. The number of benzene rings is 1. The Morgan fingerprint density at radius 3 is 2.64 bits per heavy atom. The molecular formula is C18H22FN5O. The van der Waals surface area contributed by atoms with Crippen molar-refractivity contribution >= 4 is 17.5 Å². The van der Waals surface area contributed by atoms with E-state index in [1.54, 1.807) is 0 Å². The lowest BCUT2D eigenvalue weighted by molar-refractivity contribution is 0.246. The summed E-state index contributed by atoms with van der Waals surface area (Å²) in [5.41, 5.74) is 1.19. The Hall–Kier alpha value is -2.70. The summed E-state index contributed by atoms with van der Waals surface area (Å²) in [6.07, 6.45) is 3.44. The van der Waals surface area contributed by atoms with E-state index in [2.05, 4.69) is 20.6 Å². The molecule has 0 aliphatic carbocycles. The van der Waals surface area contributed by atoms with Gasteiger partial charge in [-0.05, 0) is 31.4 Å². The number of anilines is 2. The number of para-hydroxylation sites is 1. The standard InChI is InChI=1S/C18H22FN5O/c1-2-15-16(19)17(21-12-20-15)24-10-8-14(9-11-24)23-18(25)22-13-6-4-3-5-7-13/h3-7,12,14H,2,8-11H2,1H3,(H2,22,23,25). The summed E-state index contributed by atoms with van der Waals surface area (Å²) in [6.45, 7) is 3.16. The molecule has 0 bridgehead atoms. The number of rotatable bonds is 4. The Morgan fingerprint density at radius 1 is 1.24 bits per heavy atom. The van der Waals surface area contributed by atoms with Crippen LogP contribution in [0.1, 0.15) is 25.5 Å². The van der Waals surface area contributed by atoms with Gasteiger partial charge in [-0.2, -0.15) is 0 Å². The molecule has 7 heteroatoms. The van der Waals surface area contributed by atoms with Crippen LogP contribution in [0, 0.1) is 5.82 Å². The second kappa shape index (κ2) is 7.92. The number of hydrogen-bond donors (Lipinski definition) is 2. The normalized spacial score (nSPS) is 15.0. The molecule has 25 heavy (non-hydrogen) atoms. The highest BCUT2D eigenvalue weighted by atomic mass is 19.1. The van der Waals surface area contributed by atoms with Gasteiger partial charge in [0.25, 0.3) is 0 Å². The van der Waals surface area contributed by atoms with Gasteiger partial charge in [-0.1, -0.05) is 25.1 Å². The van der Waals surface area contributed by atoms with Crippen LogP contribution < -0.4 is 15.5 Å². The number of hydrogen-bond acceptors (Lipinski definition) is 4. The number of carbonyl (C=O) groups excluding carboxylic acids is 1. The van der Waals surface area contributed by atoms with Crippen LogP contribution in [-0.4, -0.2) is 35.1 Å². The number of urea groups is 1. The van der Waals surface area contributed by atoms with E-state index in [0.29, 0.717) is 31.0 Å². The predicted octanol–water partition coefficient (Wildman–Crippen LogP) is 2.97. The summed E-state index contributed by atoms with van der Waals surface area (Å²) in [5.74, 6) is 0.0252. The van der Waals surface area contributed by atoms with E-state index in [4.69, 9.17) is 0 Å². The molecule has 0 atom stereocenters. The van der Waals surface area contributed by atoms with Gasteiger partial charge in [0.1, 0.15) is 6.33 Å². The van der Waals surface area contributed by atoms with Crippen LogP contribution in [0.3, 0.4) is 0 Å². The number of amides is 2. The minimum absolute atomic E-state index is 0.0653. The zero-order valence-corrected chi connectivity index (χ0v) is 14.2. The van der Waals surface area contributed by atoms with Crippen molar-refractivity contribution in [1.29, 1.82) is 0 Å². The van der Waals surface area contributed by atoms with Gasteiger partial charge in [0, 0.05) is 24.8 Å². The van der Waals surface area contributed by atoms with Gasteiger partial charge in [-0.3, -0.25) is 0 Å². The largest absolute Gasteiger partial charge is 0.354 e. The third-order valence-electron chi connectivity index (χ3n) is 4.34. The maximum absolute atomic E-state index is 14.4. The number of nitrogens with one attached hydrogen (secondary N) is 2. The van der Waals surface area contributed by atoms with Crippen LogP contribution in [0.4, 0.5) is 20.7 Å². The average molecular weight is 343 g/mol.